The molecule has 9 nitrogen and oxygen atoms in total. The molecular formula is C26H27ClF2N6O3S. The Hall–Kier alpha value is -3.87. The zero-order valence-corrected chi connectivity index (χ0v) is 23.2. The number of hydrogen-bond acceptors (Lipinski definition) is 9. The van der Waals surface area contributed by atoms with Crippen LogP contribution >= 0.6 is 23.5 Å². The first-order chi connectivity index (χ1) is 18.7. The maximum absolute atomic E-state index is 14.1. The minimum Gasteiger partial charge on any atom is -0.434 e. The van der Waals surface area contributed by atoms with Crippen molar-refractivity contribution in [1.82, 2.24) is 24.8 Å². The average Bonchev–Trinajstić information content (AvgIpc) is 3.30. The fourth-order valence-corrected chi connectivity index (χ4v) is 3.81. The van der Waals surface area contributed by atoms with E-state index >= 15 is 0 Å². The van der Waals surface area contributed by atoms with Crippen molar-refractivity contribution in [2.24, 2.45) is 0 Å². The van der Waals surface area contributed by atoms with Crippen LogP contribution in [0.2, 0.25) is 5.02 Å². The lowest BCUT2D eigenvalue weighted by atomic mass is 10.1. The topological polar surface area (TPSA) is 116 Å². The zero-order chi connectivity index (χ0) is 28.5. The molecule has 0 aliphatic carbocycles. The molecule has 0 unspecified atom stereocenters. The minimum atomic E-state index is -0.623. The fourth-order valence-electron chi connectivity index (χ4n) is 3.32. The van der Waals surface area contributed by atoms with E-state index in [0.29, 0.717) is 22.5 Å². The van der Waals surface area contributed by atoms with E-state index in [4.69, 9.17) is 22.1 Å². The summed E-state index contributed by atoms with van der Waals surface area (Å²) in [6, 6.07) is 5.77. The average molecular weight is 577 g/mol. The molecule has 0 bridgehead atoms. The number of nitrogens with zero attached hydrogens (tertiary/aromatic N) is 3. The summed E-state index contributed by atoms with van der Waals surface area (Å²) in [6.07, 6.45) is 8.89. The number of aromatic nitrogens is 3. The number of allylic oxidation sites excluding steroid dienone is 5. The highest BCUT2D eigenvalue weighted by molar-refractivity contribution is 7.96. The van der Waals surface area contributed by atoms with Gasteiger partial charge in [-0.25, -0.2) is 14.1 Å². The molecule has 1 aromatic carbocycles. The molecule has 0 saturated carbocycles. The van der Waals surface area contributed by atoms with Crippen molar-refractivity contribution < 1.29 is 23.4 Å². The lowest BCUT2D eigenvalue weighted by molar-refractivity contribution is -0.0841. The predicted octanol–water partition coefficient (Wildman–Crippen LogP) is 5.63. The molecule has 0 amide bonds. The quantitative estimate of drug-likeness (QED) is 0.0829. The molecule has 39 heavy (non-hydrogen) atoms. The van der Waals surface area contributed by atoms with Crippen molar-refractivity contribution in [3.05, 3.63) is 93.9 Å². The summed E-state index contributed by atoms with van der Waals surface area (Å²) in [4.78, 5) is 21.1. The van der Waals surface area contributed by atoms with Crippen LogP contribution in [0, 0.1) is 12.7 Å². The molecule has 3 rings (SSSR count). The van der Waals surface area contributed by atoms with Gasteiger partial charge in [0.15, 0.2) is 23.1 Å². The number of anilines is 1. The normalized spacial score (nSPS) is 12.4. The number of carbonyl (C=O) groups excluding carboxylic acids is 1. The van der Waals surface area contributed by atoms with Crippen LogP contribution in [0.4, 0.5) is 14.7 Å². The van der Waals surface area contributed by atoms with Gasteiger partial charge in [0.25, 0.3) is 0 Å². The van der Waals surface area contributed by atoms with Crippen LogP contribution in [-0.2, 0) is 4.94 Å². The van der Waals surface area contributed by atoms with Crippen LogP contribution in [0.5, 0.6) is 11.6 Å². The number of rotatable bonds is 12. The second-order valence-corrected chi connectivity index (χ2v) is 9.16. The van der Waals surface area contributed by atoms with Gasteiger partial charge in [0.1, 0.15) is 5.82 Å². The van der Waals surface area contributed by atoms with Crippen LogP contribution in [0.3, 0.4) is 0 Å². The van der Waals surface area contributed by atoms with Gasteiger partial charge in [-0.3, -0.25) is 14.5 Å². The van der Waals surface area contributed by atoms with Gasteiger partial charge in [-0.05, 0) is 61.6 Å². The summed E-state index contributed by atoms with van der Waals surface area (Å²) < 4.78 is 36.8. The second-order valence-electron chi connectivity index (χ2n) is 8.06. The summed E-state index contributed by atoms with van der Waals surface area (Å²) in [7, 11) is 1.70. The van der Waals surface area contributed by atoms with Crippen LogP contribution in [0.25, 0.3) is 5.69 Å². The Labute approximate surface area is 233 Å². The van der Waals surface area contributed by atoms with Gasteiger partial charge in [-0.15, -0.1) is 0 Å². The van der Waals surface area contributed by atoms with Crippen LogP contribution in [-0.4, -0.2) is 40.4 Å². The van der Waals surface area contributed by atoms with Crippen molar-refractivity contribution in [2.75, 3.05) is 25.6 Å². The van der Waals surface area contributed by atoms with E-state index in [1.807, 2.05) is 0 Å². The van der Waals surface area contributed by atoms with Gasteiger partial charge in [0.05, 0.1) is 35.2 Å². The summed E-state index contributed by atoms with van der Waals surface area (Å²) >= 11 is 7.34. The van der Waals surface area contributed by atoms with Gasteiger partial charge in [-0.2, -0.15) is 5.10 Å². The van der Waals surface area contributed by atoms with Crippen LogP contribution in [0.1, 0.15) is 22.8 Å². The van der Waals surface area contributed by atoms with E-state index in [1.165, 1.54) is 65.5 Å². The number of nitrogens with one attached hydrogen (secondary N) is 2. The number of ketones is 1. The van der Waals surface area contributed by atoms with E-state index in [1.54, 1.807) is 33.2 Å². The molecule has 2 aromatic heterocycles. The Bertz CT molecular complexity index is 1420. The molecule has 0 spiro atoms. The Balaban J connectivity index is 1.84. The number of halogens is 3. The Kier molecular flexibility index (Phi) is 10.5. The molecule has 4 N–H and O–H groups in total. The largest absolute Gasteiger partial charge is 0.434 e. The highest BCUT2D eigenvalue weighted by Gasteiger charge is 2.17. The Morgan fingerprint density at radius 1 is 1.31 bits per heavy atom. The van der Waals surface area contributed by atoms with Crippen molar-refractivity contribution in [1.29, 1.82) is 0 Å². The summed E-state index contributed by atoms with van der Waals surface area (Å²) in [6.45, 7) is 3.67. The van der Waals surface area contributed by atoms with Crippen molar-refractivity contribution in [3.63, 3.8) is 0 Å². The van der Waals surface area contributed by atoms with Gasteiger partial charge in [-0.1, -0.05) is 29.6 Å². The van der Waals surface area contributed by atoms with Crippen LogP contribution in [0.15, 0.2) is 71.9 Å². The number of nitrogens with two attached hydrogens (primary N) is 1. The number of ether oxygens (including phenoxy) is 1. The number of benzene rings is 1. The number of pyridine rings is 1. The minimum absolute atomic E-state index is 0.0334. The highest BCUT2D eigenvalue weighted by Crippen LogP contribution is 2.32. The summed E-state index contributed by atoms with van der Waals surface area (Å²) in [5, 5.41) is 7.31. The van der Waals surface area contributed by atoms with Crippen LogP contribution < -0.4 is 20.5 Å². The number of nitrogen functional groups attached to an aromatic ring is 1. The van der Waals surface area contributed by atoms with Gasteiger partial charge in [0.2, 0.25) is 5.88 Å². The zero-order valence-electron chi connectivity index (χ0n) is 21.6. The Morgan fingerprint density at radius 2 is 2.08 bits per heavy atom. The third kappa shape index (κ3) is 7.37. The second kappa shape index (κ2) is 13.8. The number of hydrogen-bond donors (Lipinski definition) is 3. The molecule has 206 valence electrons. The summed E-state index contributed by atoms with van der Waals surface area (Å²) in [5.74, 6) is -0.945. The molecule has 0 fully saturated rings. The third-order valence-corrected chi connectivity index (χ3v) is 6.24. The van der Waals surface area contributed by atoms with Crippen molar-refractivity contribution >= 4 is 35.1 Å². The third-order valence-electron chi connectivity index (χ3n) is 5.51. The van der Waals surface area contributed by atoms with Crippen molar-refractivity contribution in [3.8, 4) is 17.3 Å². The van der Waals surface area contributed by atoms with Gasteiger partial charge in [0, 0.05) is 23.3 Å². The maximum Gasteiger partial charge on any atom is 0.219 e. The number of carbonyl (C=O) groups is 1. The molecule has 0 aliphatic heterocycles. The molecule has 0 atom stereocenters. The maximum atomic E-state index is 14.1. The fraction of sp³-hybridized carbons (Fsp3) is 0.192. The monoisotopic (exact) mass is 576 g/mol. The molecule has 0 radical (unpaired) electrons. The molecule has 13 heteroatoms. The van der Waals surface area contributed by atoms with Crippen molar-refractivity contribution in [2.45, 2.75) is 13.8 Å². The number of para-hydroxylation sites is 1. The van der Waals surface area contributed by atoms with E-state index in [2.05, 4.69) is 25.1 Å². The standard InChI is InChI=1S/C26H27ClF2N6O3S/c1-15-10-24(37-25-20(27)6-5-7-21(25)28)32-14-22(15)35-26(30)19(13-33-35)23(36)9-8-17(16(2)31-3)11-18(38-29)12-34-39-4/h5-11,13-14,31,34H,12,30H2,1-4H3/b9-8+,17-16+,18-11+. The van der Waals surface area contributed by atoms with Gasteiger partial charge >= 0.3 is 0 Å². The lowest BCUT2D eigenvalue weighted by Gasteiger charge is -2.11. The van der Waals surface area contributed by atoms with E-state index in [0.717, 1.165) is 0 Å². The molecular weight excluding hydrogens is 550 g/mol. The smallest absolute Gasteiger partial charge is 0.219 e. The van der Waals surface area contributed by atoms with Gasteiger partial charge < -0.3 is 15.8 Å². The number of aryl methyl sites for hydroxylation is 1. The Morgan fingerprint density at radius 3 is 2.72 bits per heavy atom. The van der Waals surface area contributed by atoms with E-state index < -0.39 is 11.6 Å². The van der Waals surface area contributed by atoms with E-state index in [-0.39, 0.29) is 40.3 Å². The summed E-state index contributed by atoms with van der Waals surface area (Å²) in [5.41, 5.74) is 8.76. The molecule has 0 saturated heterocycles. The molecule has 3 aromatic rings. The molecule has 2 heterocycles. The lowest BCUT2D eigenvalue weighted by Crippen LogP contribution is -2.10. The predicted molar refractivity (Wildman–Crippen MR) is 149 cm³/mol. The first-order valence-corrected chi connectivity index (χ1v) is 13.1. The SMILES string of the molecule is CN/C(C)=C(\C=C\C(=O)c1cnn(-c2cnc(Oc3c(F)cccc3Cl)cc2C)c1N)/C=C(\CNSC)OF. The highest BCUT2D eigenvalue weighted by atomic mass is 35.5. The first-order valence-electron chi connectivity index (χ1n) is 11.5. The molecule has 0 aliphatic rings. The van der Waals surface area contributed by atoms with E-state index in [9.17, 15) is 13.7 Å². The first kappa shape index (κ1) is 29.7.